The minimum Gasteiger partial charge on any atom is -0.493 e. The second kappa shape index (κ2) is 6.61. The van der Waals surface area contributed by atoms with Crippen molar-refractivity contribution in [2.75, 3.05) is 19.8 Å². The maximum Gasteiger partial charge on any atom is 0.419 e. The Morgan fingerprint density at radius 3 is 2.39 bits per heavy atom. The van der Waals surface area contributed by atoms with Gasteiger partial charge in [0.05, 0.1) is 12.2 Å². The van der Waals surface area contributed by atoms with Gasteiger partial charge in [0.1, 0.15) is 5.75 Å². The van der Waals surface area contributed by atoms with Crippen molar-refractivity contribution < 1.29 is 28.1 Å². The van der Waals surface area contributed by atoms with Crippen molar-refractivity contribution in [1.29, 1.82) is 0 Å². The van der Waals surface area contributed by atoms with Gasteiger partial charge in [0.2, 0.25) is 0 Å². The molecule has 1 aromatic rings. The first-order valence-corrected chi connectivity index (χ1v) is 5.49. The maximum atomic E-state index is 12.6. The summed E-state index contributed by atoms with van der Waals surface area (Å²) in [6.45, 7) is -0.450. The van der Waals surface area contributed by atoms with E-state index in [1.165, 1.54) is 18.2 Å². The standard InChI is InChI=1S/C12H15F3O3/c13-12(14,15)10-3-1-2-4-11(10)18-8-9(7-17)5-6-16/h1-4,9,16-17H,5-8H2. The summed E-state index contributed by atoms with van der Waals surface area (Å²) in [7, 11) is 0. The van der Waals surface area contributed by atoms with E-state index >= 15 is 0 Å². The average molecular weight is 264 g/mol. The summed E-state index contributed by atoms with van der Waals surface area (Å²) in [5, 5.41) is 17.7. The summed E-state index contributed by atoms with van der Waals surface area (Å²) in [6, 6.07) is 4.91. The van der Waals surface area contributed by atoms with Crippen LogP contribution in [0.4, 0.5) is 13.2 Å². The Hall–Kier alpha value is -1.27. The molecule has 0 amide bonds. The SMILES string of the molecule is OCCC(CO)COc1ccccc1C(F)(F)F. The number of para-hydroxylation sites is 1. The number of halogens is 3. The third-order valence-electron chi connectivity index (χ3n) is 2.46. The number of hydrogen-bond acceptors (Lipinski definition) is 3. The van der Waals surface area contributed by atoms with Crippen LogP contribution in [0, 0.1) is 5.92 Å². The van der Waals surface area contributed by atoms with E-state index in [-0.39, 0.29) is 37.9 Å². The van der Waals surface area contributed by atoms with Gasteiger partial charge in [-0.15, -0.1) is 0 Å². The summed E-state index contributed by atoms with van der Waals surface area (Å²) in [4.78, 5) is 0. The third-order valence-corrected chi connectivity index (χ3v) is 2.46. The minimum atomic E-state index is -4.47. The number of rotatable bonds is 6. The van der Waals surface area contributed by atoms with Crippen LogP contribution in [0.5, 0.6) is 5.75 Å². The minimum absolute atomic E-state index is 0.0653. The lowest BCUT2D eigenvalue weighted by Gasteiger charge is -2.17. The average Bonchev–Trinajstić information content (AvgIpc) is 2.33. The molecule has 0 aromatic heterocycles. The highest BCUT2D eigenvalue weighted by atomic mass is 19.4. The van der Waals surface area contributed by atoms with E-state index in [2.05, 4.69) is 0 Å². The Morgan fingerprint density at radius 1 is 1.17 bits per heavy atom. The fourth-order valence-corrected chi connectivity index (χ4v) is 1.44. The molecule has 1 atom stereocenters. The van der Waals surface area contributed by atoms with Crippen LogP contribution in [0.25, 0.3) is 0 Å². The molecular weight excluding hydrogens is 249 g/mol. The quantitative estimate of drug-likeness (QED) is 0.827. The van der Waals surface area contributed by atoms with E-state index < -0.39 is 11.7 Å². The number of aliphatic hydroxyl groups excluding tert-OH is 2. The number of alkyl halides is 3. The maximum absolute atomic E-state index is 12.6. The molecule has 0 fully saturated rings. The van der Waals surface area contributed by atoms with E-state index in [1.54, 1.807) is 0 Å². The van der Waals surface area contributed by atoms with Crippen LogP contribution in [0.2, 0.25) is 0 Å². The van der Waals surface area contributed by atoms with E-state index in [1.807, 2.05) is 0 Å². The van der Waals surface area contributed by atoms with Crippen molar-refractivity contribution in [3.63, 3.8) is 0 Å². The number of benzene rings is 1. The van der Waals surface area contributed by atoms with Crippen LogP contribution in [-0.4, -0.2) is 30.0 Å². The highest BCUT2D eigenvalue weighted by molar-refractivity contribution is 5.35. The van der Waals surface area contributed by atoms with Crippen molar-refractivity contribution in [2.45, 2.75) is 12.6 Å². The van der Waals surface area contributed by atoms with Gasteiger partial charge in [0.25, 0.3) is 0 Å². The molecule has 1 rings (SSSR count). The highest BCUT2D eigenvalue weighted by Gasteiger charge is 2.34. The predicted octanol–water partition coefficient (Wildman–Crippen LogP) is 2.08. The van der Waals surface area contributed by atoms with Gasteiger partial charge in [-0.3, -0.25) is 0 Å². The Labute approximate surface area is 103 Å². The first-order chi connectivity index (χ1) is 8.49. The Morgan fingerprint density at radius 2 is 1.83 bits per heavy atom. The molecule has 0 aliphatic carbocycles. The Kier molecular flexibility index (Phi) is 5.43. The lowest BCUT2D eigenvalue weighted by atomic mass is 10.1. The van der Waals surface area contributed by atoms with Gasteiger partial charge >= 0.3 is 6.18 Å². The van der Waals surface area contributed by atoms with Crippen LogP contribution in [0.15, 0.2) is 24.3 Å². The van der Waals surface area contributed by atoms with Crippen molar-refractivity contribution in [2.24, 2.45) is 5.92 Å². The van der Waals surface area contributed by atoms with Crippen LogP contribution >= 0.6 is 0 Å². The van der Waals surface area contributed by atoms with Gasteiger partial charge < -0.3 is 14.9 Å². The molecule has 0 radical (unpaired) electrons. The Balaban J connectivity index is 2.73. The van der Waals surface area contributed by atoms with E-state index in [4.69, 9.17) is 14.9 Å². The summed E-state index contributed by atoms with van der Waals surface area (Å²) in [6.07, 6.45) is -4.19. The molecule has 0 heterocycles. The fourth-order valence-electron chi connectivity index (χ4n) is 1.44. The van der Waals surface area contributed by atoms with Crippen LogP contribution < -0.4 is 4.74 Å². The number of hydrogen-bond donors (Lipinski definition) is 2. The van der Waals surface area contributed by atoms with Gasteiger partial charge in [-0.2, -0.15) is 13.2 Å². The van der Waals surface area contributed by atoms with Crippen molar-refractivity contribution in [3.8, 4) is 5.75 Å². The molecule has 0 saturated heterocycles. The third kappa shape index (κ3) is 4.19. The van der Waals surface area contributed by atoms with E-state index in [0.717, 1.165) is 6.07 Å². The molecule has 1 unspecified atom stereocenters. The first-order valence-electron chi connectivity index (χ1n) is 5.49. The summed E-state index contributed by atoms with van der Waals surface area (Å²) in [5.41, 5.74) is -0.842. The molecule has 0 aliphatic rings. The lowest BCUT2D eigenvalue weighted by Crippen LogP contribution is -2.19. The topological polar surface area (TPSA) is 49.7 Å². The van der Waals surface area contributed by atoms with Gasteiger partial charge in [0.15, 0.2) is 0 Å². The molecule has 3 nitrogen and oxygen atoms in total. The van der Waals surface area contributed by atoms with Gasteiger partial charge in [-0.05, 0) is 18.6 Å². The van der Waals surface area contributed by atoms with Crippen molar-refractivity contribution in [3.05, 3.63) is 29.8 Å². The van der Waals surface area contributed by atoms with Crippen molar-refractivity contribution >= 4 is 0 Å². The van der Waals surface area contributed by atoms with E-state index in [0.29, 0.717) is 0 Å². The van der Waals surface area contributed by atoms with Crippen LogP contribution in [0.3, 0.4) is 0 Å². The zero-order chi connectivity index (χ0) is 13.6. The molecular formula is C12H15F3O3. The molecule has 1 aromatic carbocycles. The molecule has 2 N–H and O–H groups in total. The van der Waals surface area contributed by atoms with Gasteiger partial charge in [-0.1, -0.05) is 12.1 Å². The first kappa shape index (κ1) is 14.8. The molecule has 0 spiro atoms. The van der Waals surface area contributed by atoms with Crippen molar-refractivity contribution in [1.82, 2.24) is 0 Å². The normalized spacial score (nSPS) is 13.4. The monoisotopic (exact) mass is 264 g/mol. The fraction of sp³-hybridized carbons (Fsp3) is 0.500. The van der Waals surface area contributed by atoms with Crippen LogP contribution in [0.1, 0.15) is 12.0 Å². The zero-order valence-corrected chi connectivity index (χ0v) is 9.65. The second-order valence-electron chi connectivity index (χ2n) is 3.87. The molecule has 0 aliphatic heterocycles. The highest BCUT2D eigenvalue weighted by Crippen LogP contribution is 2.36. The number of aliphatic hydroxyl groups is 2. The van der Waals surface area contributed by atoms with E-state index in [9.17, 15) is 13.2 Å². The second-order valence-corrected chi connectivity index (χ2v) is 3.87. The summed E-state index contributed by atoms with van der Waals surface area (Å²) in [5.74, 6) is -0.641. The van der Waals surface area contributed by atoms with Crippen LogP contribution in [-0.2, 0) is 6.18 Å². The smallest absolute Gasteiger partial charge is 0.419 e. The zero-order valence-electron chi connectivity index (χ0n) is 9.65. The molecule has 18 heavy (non-hydrogen) atoms. The molecule has 0 saturated carbocycles. The summed E-state index contributed by atoms with van der Waals surface area (Å²) < 4.78 is 43.0. The largest absolute Gasteiger partial charge is 0.493 e. The molecule has 6 heteroatoms. The summed E-state index contributed by atoms with van der Waals surface area (Å²) >= 11 is 0. The predicted molar refractivity (Wildman–Crippen MR) is 59.2 cm³/mol. The van der Waals surface area contributed by atoms with Gasteiger partial charge in [-0.25, -0.2) is 0 Å². The number of ether oxygens (including phenoxy) is 1. The lowest BCUT2D eigenvalue weighted by molar-refractivity contribution is -0.139. The molecule has 102 valence electrons. The Bertz CT molecular complexity index is 366. The van der Waals surface area contributed by atoms with Gasteiger partial charge in [0, 0.05) is 19.1 Å². The molecule has 0 bridgehead atoms.